The number of nitrogens with zero attached hydrogens (tertiary/aromatic N) is 5. The molecule has 2 saturated heterocycles. The number of aromatic nitrogens is 3. The standard InChI is InChI=1S/C42H30N2O3.C38H31N3O2.C2H6/c1-41(27-14-5-3-6-15-27)39(45)44(40(46)42(41,2)28-16-7-4-8-17-28)35-22-13-23-36-38(35)32-25-24-29(26-37(32)47-36)43-33-20-11-9-18-30(33)31-19-10-12-21-34(31)43;1-37(2)35(42)41(36(43)38(37,3)4)25-19-17-24(18-20-25)39-33-16-10-7-13-29(33)30-23-26(21-22-34(30)39)40-31-14-8-5-11-27(31)28-12-6-9-15-32(28)40;1-2/h3-26H,1-2H3;5-23H,1-4H3;1-2H3. The van der Waals surface area contributed by atoms with Crippen LogP contribution in [0.4, 0.5) is 11.4 Å². The fourth-order valence-electron chi connectivity index (χ4n) is 14.6. The molecule has 0 radical (unpaired) electrons. The van der Waals surface area contributed by atoms with E-state index in [9.17, 15) is 19.2 Å². The van der Waals surface area contributed by atoms with Crippen LogP contribution in [0.1, 0.15) is 66.5 Å². The van der Waals surface area contributed by atoms with Crippen molar-refractivity contribution in [1.82, 2.24) is 13.7 Å². The third kappa shape index (κ3) is 8.05. The van der Waals surface area contributed by atoms with Gasteiger partial charge in [-0.15, -0.1) is 0 Å². The molecule has 4 aromatic heterocycles. The van der Waals surface area contributed by atoms with Crippen LogP contribution in [0.3, 0.4) is 0 Å². The maximum Gasteiger partial charge on any atom is 0.245 e. The van der Waals surface area contributed by atoms with Crippen LogP contribution in [0.2, 0.25) is 0 Å². The average molecular weight is 1200 g/mol. The summed E-state index contributed by atoms with van der Waals surface area (Å²) in [5, 5.41) is 8.75. The zero-order chi connectivity index (χ0) is 63.6. The van der Waals surface area contributed by atoms with Gasteiger partial charge in [-0.1, -0.05) is 172 Å². The Labute approximate surface area is 532 Å². The number of furan rings is 1. The van der Waals surface area contributed by atoms with E-state index in [4.69, 9.17) is 4.42 Å². The van der Waals surface area contributed by atoms with E-state index in [2.05, 4.69) is 159 Å². The first kappa shape index (κ1) is 57.3. The third-order valence-electron chi connectivity index (χ3n) is 20.4. The van der Waals surface area contributed by atoms with Crippen LogP contribution in [0.5, 0.6) is 0 Å². The number of hydrogen-bond donors (Lipinski definition) is 0. The minimum Gasteiger partial charge on any atom is -0.456 e. The summed E-state index contributed by atoms with van der Waals surface area (Å²) in [6.07, 6.45) is 0. The Balaban J connectivity index is 0.000000149. The second kappa shape index (κ2) is 21.3. The van der Waals surface area contributed by atoms with Gasteiger partial charge in [-0.2, -0.15) is 0 Å². The van der Waals surface area contributed by atoms with E-state index in [1.165, 1.54) is 42.4 Å². The van der Waals surface area contributed by atoms with Gasteiger partial charge < -0.3 is 18.1 Å². The Hall–Kier alpha value is -11.1. The lowest BCUT2D eigenvalue weighted by Gasteiger charge is -2.37. The molecule has 92 heavy (non-hydrogen) atoms. The highest BCUT2D eigenvalue weighted by atomic mass is 16.3. The quantitative estimate of drug-likeness (QED) is 0.148. The van der Waals surface area contributed by atoms with Gasteiger partial charge in [0, 0.05) is 60.8 Å². The normalized spacial score (nSPS) is 17.9. The van der Waals surface area contributed by atoms with Gasteiger partial charge in [-0.05, 0) is 150 Å². The van der Waals surface area contributed by atoms with Crippen LogP contribution in [-0.2, 0) is 30.0 Å². The van der Waals surface area contributed by atoms with Crippen molar-refractivity contribution in [2.45, 2.75) is 66.2 Å². The molecule has 2 fully saturated rings. The predicted molar refractivity (Wildman–Crippen MR) is 375 cm³/mol. The number of para-hydroxylation sites is 5. The van der Waals surface area contributed by atoms with Crippen molar-refractivity contribution in [3.63, 3.8) is 0 Å². The van der Waals surface area contributed by atoms with Gasteiger partial charge in [0.15, 0.2) is 0 Å². The van der Waals surface area contributed by atoms with Crippen molar-refractivity contribution in [1.29, 1.82) is 0 Å². The summed E-state index contributed by atoms with van der Waals surface area (Å²) in [6, 6.07) is 87.9. The molecule has 2 atom stereocenters. The SMILES string of the molecule is CC.CC1(C)C(=O)N(c2ccc(-n3c4ccccc4c4cc(-n5c6ccccc6c6ccccc65)ccc43)cc2)C(=O)C1(C)C.CC1(c2ccccc2)C(=O)N(c2cccc3oc4cc(-n5c6ccccc6c6ccccc65)ccc4c23)C(=O)C1(C)c1ccccc1. The Kier molecular flexibility index (Phi) is 13.3. The Bertz CT molecular complexity index is 5320. The molecule has 4 amide bonds. The van der Waals surface area contributed by atoms with E-state index in [0.29, 0.717) is 22.5 Å². The molecule has 2 aliphatic heterocycles. The molecule has 0 aliphatic carbocycles. The lowest BCUT2D eigenvalue weighted by molar-refractivity contribution is -0.129. The zero-order valence-electron chi connectivity index (χ0n) is 52.6. The van der Waals surface area contributed by atoms with E-state index in [1.807, 2.05) is 171 Å². The van der Waals surface area contributed by atoms with E-state index in [1.54, 1.807) is 0 Å². The van der Waals surface area contributed by atoms with Crippen molar-refractivity contribution in [3.05, 3.63) is 272 Å². The minimum absolute atomic E-state index is 0.162. The van der Waals surface area contributed by atoms with Crippen molar-refractivity contribution in [2.75, 3.05) is 9.80 Å². The number of amides is 4. The Morgan fingerprint density at radius 2 is 0.641 bits per heavy atom. The van der Waals surface area contributed by atoms with Crippen LogP contribution < -0.4 is 9.80 Å². The van der Waals surface area contributed by atoms with Crippen molar-refractivity contribution < 1.29 is 23.6 Å². The molecule has 10 nitrogen and oxygen atoms in total. The number of anilines is 2. The molecule has 0 saturated carbocycles. The predicted octanol–water partition coefficient (Wildman–Crippen LogP) is 19.3. The summed E-state index contributed by atoms with van der Waals surface area (Å²) in [5.41, 5.74) is 9.99. The van der Waals surface area contributed by atoms with E-state index in [0.717, 1.165) is 71.8 Å². The van der Waals surface area contributed by atoms with Crippen LogP contribution >= 0.6 is 0 Å². The molecular formula is C82H67N5O5. The topological polar surface area (TPSA) is 103 Å². The molecular weight excluding hydrogens is 1130 g/mol. The number of rotatable bonds is 7. The first-order valence-electron chi connectivity index (χ1n) is 31.6. The van der Waals surface area contributed by atoms with Crippen LogP contribution in [-0.4, -0.2) is 37.3 Å². The smallest absolute Gasteiger partial charge is 0.245 e. The maximum atomic E-state index is 14.9. The van der Waals surface area contributed by atoms with Gasteiger partial charge in [0.2, 0.25) is 23.6 Å². The number of fused-ring (bicyclic) bond motifs is 12. The average Bonchev–Trinajstić information content (AvgIpc) is 1.55. The largest absolute Gasteiger partial charge is 0.456 e. The second-order valence-electron chi connectivity index (χ2n) is 25.4. The van der Waals surface area contributed by atoms with Crippen LogP contribution in [0, 0.1) is 10.8 Å². The molecule has 0 N–H and O–H groups in total. The summed E-state index contributed by atoms with van der Waals surface area (Å²) in [4.78, 5) is 59.1. The summed E-state index contributed by atoms with van der Waals surface area (Å²) >= 11 is 0. The fraction of sp³-hybridized carbons (Fsp3) is 0.146. The summed E-state index contributed by atoms with van der Waals surface area (Å²) in [5.74, 6) is -0.845. The van der Waals surface area contributed by atoms with Gasteiger partial charge in [0.25, 0.3) is 0 Å². The Morgan fingerprint density at radius 1 is 0.283 bits per heavy atom. The van der Waals surface area contributed by atoms with Crippen molar-refractivity contribution >= 4 is 122 Å². The van der Waals surface area contributed by atoms with Gasteiger partial charge in [0.05, 0.1) is 71.5 Å². The third-order valence-corrected chi connectivity index (χ3v) is 20.4. The number of imide groups is 2. The van der Waals surface area contributed by atoms with Crippen LogP contribution in [0.25, 0.3) is 104 Å². The number of carbonyl (C=O) groups excluding carboxylic acids is 4. The highest BCUT2D eigenvalue weighted by molar-refractivity contribution is 6.33. The molecule has 2 unspecified atom stereocenters. The number of hydrogen-bond acceptors (Lipinski definition) is 5. The van der Waals surface area contributed by atoms with E-state index < -0.39 is 21.7 Å². The van der Waals surface area contributed by atoms with Gasteiger partial charge in [-0.25, -0.2) is 9.80 Å². The molecule has 6 heterocycles. The molecule has 10 heteroatoms. The number of carbonyl (C=O) groups is 4. The number of benzene rings is 11. The Morgan fingerprint density at radius 3 is 1.10 bits per heavy atom. The molecule has 450 valence electrons. The van der Waals surface area contributed by atoms with Crippen LogP contribution in [0.15, 0.2) is 265 Å². The monoisotopic (exact) mass is 1200 g/mol. The summed E-state index contributed by atoms with van der Waals surface area (Å²) in [7, 11) is 0. The molecule has 17 rings (SSSR count). The summed E-state index contributed by atoms with van der Waals surface area (Å²) < 4.78 is 13.3. The van der Waals surface area contributed by atoms with Gasteiger partial charge >= 0.3 is 0 Å². The molecule has 11 aromatic carbocycles. The first-order valence-corrected chi connectivity index (χ1v) is 31.6. The highest BCUT2D eigenvalue weighted by Gasteiger charge is 2.66. The molecule has 2 aliphatic rings. The fourth-order valence-corrected chi connectivity index (χ4v) is 14.6. The van der Waals surface area contributed by atoms with E-state index >= 15 is 0 Å². The highest BCUT2D eigenvalue weighted by Crippen LogP contribution is 2.54. The summed E-state index contributed by atoms with van der Waals surface area (Å²) in [6.45, 7) is 15.2. The first-order chi connectivity index (χ1) is 44.6. The van der Waals surface area contributed by atoms with Crippen molar-refractivity contribution in [2.24, 2.45) is 10.8 Å². The minimum atomic E-state index is -1.15. The molecule has 0 spiro atoms. The second-order valence-corrected chi connectivity index (χ2v) is 25.4. The van der Waals surface area contributed by atoms with Crippen molar-refractivity contribution in [3.8, 4) is 17.1 Å². The lowest BCUT2D eigenvalue weighted by atomic mass is 9.60. The van der Waals surface area contributed by atoms with Gasteiger partial charge in [-0.3, -0.25) is 19.2 Å². The zero-order valence-corrected chi connectivity index (χ0v) is 52.6. The maximum absolute atomic E-state index is 14.9. The molecule has 0 bridgehead atoms. The molecule has 15 aromatic rings. The lowest BCUT2D eigenvalue weighted by Crippen LogP contribution is -2.47. The van der Waals surface area contributed by atoms with E-state index in [-0.39, 0.29) is 23.6 Å². The van der Waals surface area contributed by atoms with Gasteiger partial charge in [0.1, 0.15) is 11.2 Å².